The van der Waals surface area contributed by atoms with Gasteiger partial charge in [0.2, 0.25) is 0 Å². The Morgan fingerprint density at radius 2 is 1.38 bits per heavy atom. The Balaban J connectivity index is 1.98. The first-order valence-electron chi connectivity index (χ1n) is 7.41. The second-order valence-corrected chi connectivity index (χ2v) is 5.19. The Morgan fingerprint density at radius 3 is 1.95 bits per heavy atom. The number of carbonyl (C=O) groups is 2. The van der Waals surface area contributed by atoms with Crippen molar-refractivity contribution < 1.29 is 9.59 Å². The highest BCUT2D eigenvalue weighted by Gasteiger charge is 2.13. The van der Waals surface area contributed by atoms with Crippen LogP contribution < -0.4 is 0 Å². The largest absolute Gasteiger partial charge is 0.294 e. The van der Waals surface area contributed by atoms with Crippen LogP contribution in [0, 0.1) is 0 Å². The van der Waals surface area contributed by atoms with Crippen LogP contribution >= 0.6 is 0 Å². The van der Waals surface area contributed by atoms with Crippen molar-refractivity contribution in [2.24, 2.45) is 0 Å². The molecule has 0 saturated carbocycles. The lowest BCUT2D eigenvalue weighted by Gasteiger charge is -2.04. The van der Waals surface area contributed by atoms with Crippen molar-refractivity contribution in [1.29, 1.82) is 0 Å². The Kier molecular flexibility index (Phi) is 5.44. The highest BCUT2D eigenvalue weighted by atomic mass is 16.1. The quantitative estimate of drug-likeness (QED) is 0.553. The molecule has 0 aliphatic heterocycles. The summed E-state index contributed by atoms with van der Waals surface area (Å²) in [6.07, 6.45) is 3.28. The number of ketones is 2. The topological polar surface area (TPSA) is 34.1 Å². The van der Waals surface area contributed by atoms with E-state index in [4.69, 9.17) is 0 Å². The number of rotatable bonds is 7. The van der Waals surface area contributed by atoms with E-state index >= 15 is 0 Å². The predicted octanol–water partition coefficient (Wildman–Crippen LogP) is 4.48. The van der Waals surface area contributed by atoms with Crippen molar-refractivity contribution in [3.05, 3.63) is 71.3 Å². The Morgan fingerprint density at radius 1 is 0.810 bits per heavy atom. The maximum Gasteiger partial charge on any atom is 0.170 e. The van der Waals surface area contributed by atoms with Crippen LogP contribution in [-0.4, -0.2) is 11.6 Å². The SMILES string of the molecule is CCCCc1ccc(C(=O)CC(=O)c2ccccc2)cc1. The van der Waals surface area contributed by atoms with Crippen LogP contribution in [-0.2, 0) is 6.42 Å². The van der Waals surface area contributed by atoms with Gasteiger partial charge in [0.25, 0.3) is 0 Å². The number of hydrogen-bond acceptors (Lipinski definition) is 2. The molecule has 2 aromatic rings. The van der Waals surface area contributed by atoms with Crippen molar-refractivity contribution >= 4 is 11.6 Å². The predicted molar refractivity (Wildman–Crippen MR) is 84.8 cm³/mol. The second kappa shape index (κ2) is 7.53. The molecule has 0 fully saturated rings. The third-order valence-corrected chi connectivity index (χ3v) is 3.51. The first-order valence-corrected chi connectivity index (χ1v) is 7.41. The first-order chi connectivity index (χ1) is 10.2. The third-order valence-electron chi connectivity index (χ3n) is 3.51. The van der Waals surface area contributed by atoms with Crippen LogP contribution in [0.25, 0.3) is 0 Å². The van der Waals surface area contributed by atoms with Crippen molar-refractivity contribution in [1.82, 2.24) is 0 Å². The molecule has 0 saturated heterocycles. The molecule has 108 valence electrons. The van der Waals surface area contributed by atoms with Crippen molar-refractivity contribution in [3.8, 4) is 0 Å². The van der Waals surface area contributed by atoms with Gasteiger partial charge in [0.05, 0.1) is 6.42 Å². The Bertz CT molecular complexity index is 597. The summed E-state index contributed by atoms with van der Waals surface area (Å²) in [6, 6.07) is 16.6. The number of Topliss-reactive ketones (excluding diaryl/α,β-unsaturated/α-hetero) is 2. The molecule has 0 bridgehead atoms. The summed E-state index contributed by atoms with van der Waals surface area (Å²) in [5.74, 6) is -0.249. The standard InChI is InChI=1S/C19H20O2/c1-2-3-7-15-10-12-17(13-11-15)19(21)14-18(20)16-8-5-4-6-9-16/h4-6,8-13H,2-3,7,14H2,1H3. The number of aryl methyl sites for hydroxylation is 1. The van der Waals surface area contributed by atoms with E-state index in [-0.39, 0.29) is 18.0 Å². The van der Waals surface area contributed by atoms with Crippen molar-refractivity contribution in [2.75, 3.05) is 0 Å². The van der Waals surface area contributed by atoms with Crippen LogP contribution in [0.15, 0.2) is 54.6 Å². The zero-order chi connectivity index (χ0) is 15.1. The van der Waals surface area contributed by atoms with E-state index in [0.29, 0.717) is 11.1 Å². The lowest BCUT2D eigenvalue weighted by molar-refractivity contribution is 0.0894. The molecule has 2 nitrogen and oxygen atoms in total. The van der Waals surface area contributed by atoms with E-state index in [1.807, 2.05) is 30.3 Å². The molecule has 0 aromatic heterocycles. The minimum atomic E-state index is -0.129. The molecular weight excluding hydrogens is 260 g/mol. The number of carbonyl (C=O) groups excluding carboxylic acids is 2. The van der Waals surface area contributed by atoms with Gasteiger partial charge in [-0.1, -0.05) is 67.9 Å². The summed E-state index contributed by atoms with van der Waals surface area (Å²) in [5.41, 5.74) is 2.44. The molecule has 0 aliphatic rings. The lowest BCUT2D eigenvalue weighted by atomic mass is 9.99. The van der Waals surface area contributed by atoms with Crippen LogP contribution in [0.2, 0.25) is 0 Å². The van der Waals surface area contributed by atoms with E-state index in [2.05, 4.69) is 6.92 Å². The average Bonchev–Trinajstić information content (AvgIpc) is 2.54. The molecule has 0 heterocycles. The zero-order valence-corrected chi connectivity index (χ0v) is 12.3. The average molecular weight is 280 g/mol. The molecule has 0 radical (unpaired) electrons. The summed E-state index contributed by atoms with van der Waals surface area (Å²) >= 11 is 0. The van der Waals surface area contributed by atoms with E-state index in [0.717, 1.165) is 19.3 Å². The van der Waals surface area contributed by atoms with Gasteiger partial charge in [-0.3, -0.25) is 9.59 Å². The van der Waals surface area contributed by atoms with Crippen LogP contribution in [0.1, 0.15) is 52.5 Å². The Labute approximate surface area is 125 Å². The van der Waals surface area contributed by atoms with Crippen LogP contribution in [0.4, 0.5) is 0 Å². The van der Waals surface area contributed by atoms with Gasteiger partial charge in [-0.05, 0) is 18.4 Å². The van der Waals surface area contributed by atoms with Gasteiger partial charge in [0.1, 0.15) is 0 Å². The summed E-state index contributed by atoms with van der Waals surface area (Å²) in [4.78, 5) is 24.1. The molecule has 0 spiro atoms. The van der Waals surface area contributed by atoms with E-state index in [9.17, 15) is 9.59 Å². The molecule has 0 atom stereocenters. The van der Waals surface area contributed by atoms with Crippen molar-refractivity contribution in [2.45, 2.75) is 32.6 Å². The van der Waals surface area contributed by atoms with Gasteiger partial charge < -0.3 is 0 Å². The van der Waals surface area contributed by atoms with Gasteiger partial charge >= 0.3 is 0 Å². The Hall–Kier alpha value is -2.22. The molecule has 0 unspecified atom stereocenters. The van der Waals surface area contributed by atoms with Gasteiger partial charge in [-0.15, -0.1) is 0 Å². The highest BCUT2D eigenvalue weighted by molar-refractivity contribution is 6.13. The molecule has 2 heteroatoms. The van der Waals surface area contributed by atoms with E-state index in [1.165, 1.54) is 5.56 Å². The van der Waals surface area contributed by atoms with Gasteiger partial charge in [-0.2, -0.15) is 0 Å². The van der Waals surface area contributed by atoms with Crippen LogP contribution in [0.3, 0.4) is 0 Å². The molecular formula is C19H20O2. The fourth-order valence-electron chi connectivity index (χ4n) is 2.21. The van der Waals surface area contributed by atoms with E-state index in [1.54, 1.807) is 24.3 Å². The molecule has 2 aromatic carbocycles. The highest BCUT2D eigenvalue weighted by Crippen LogP contribution is 2.12. The fraction of sp³-hybridized carbons (Fsp3) is 0.263. The molecule has 0 N–H and O–H groups in total. The van der Waals surface area contributed by atoms with E-state index < -0.39 is 0 Å². The maximum atomic E-state index is 12.1. The minimum Gasteiger partial charge on any atom is -0.294 e. The fourth-order valence-corrected chi connectivity index (χ4v) is 2.21. The number of hydrogen-bond donors (Lipinski definition) is 0. The smallest absolute Gasteiger partial charge is 0.170 e. The number of unbranched alkanes of at least 4 members (excludes halogenated alkanes) is 1. The maximum absolute atomic E-state index is 12.1. The second-order valence-electron chi connectivity index (χ2n) is 5.19. The summed E-state index contributed by atoms with van der Waals surface area (Å²) in [5, 5.41) is 0. The molecule has 0 amide bonds. The number of benzene rings is 2. The normalized spacial score (nSPS) is 10.3. The van der Waals surface area contributed by atoms with Gasteiger partial charge in [0, 0.05) is 11.1 Å². The minimum absolute atomic E-state index is 0.0711. The summed E-state index contributed by atoms with van der Waals surface area (Å²) in [6.45, 7) is 2.16. The molecule has 21 heavy (non-hydrogen) atoms. The molecule has 2 rings (SSSR count). The first kappa shape index (κ1) is 15.2. The summed E-state index contributed by atoms with van der Waals surface area (Å²) in [7, 11) is 0. The van der Waals surface area contributed by atoms with Gasteiger partial charge in [-0.25, -0.2) is 0 Å². The van der Waals surface area contributed by atoms with Gasteiger partial charge in [0.15, 0.2) is 11.6 Å². The lowest BCUT2D eigenvalue weighted by Crippen LogP contribution is -2.08. The monoisotopic (exact) mass is 280 g/mol. The van der Waals surface area contributed by atoms with Crippen molar-refractivity contribution in [3.63, 3.8) is 0 Å². The third kappa shape index (κ3) is 4.38. The zero-order valence-electron chi connectivity index (χ0n) is 12.3. The van der Waals surface area contributed by atoms with Crippen LogP contribution in [0.5, 0.6) is 0 Å². The molecule has 0 aliphatic carbocycles. The summed E-state index contributed by atoms with van der Waals surface area (Å²) < 4.78 is 0.